The van der Waals surface area contributed by atoms with Crippen molar-refractivity contribution >= 4 is 22.7 Å². The second-order valence-electron chi connectivity index (χ2n) is 3.24. The number of pyridine rings is 1. The third kappa shape index (κ3) is 3.95. The molecule has 0 saturated carbocycles. The van der Waals surface area contributed by atoms with Gasteiger partial charge >= 0.3 is 5.97 Å². The molecule has 1 unspecified atom stereocenters. The molecule has 0 aliphatic heterocycles. The Morgan fingerprint density at radius 2 is 2.24 bits per heavy atom. The van der Waals surface area contributed by atoms with Crippen molar-refractivity contribution in [1.82, 2.24) is 10.3 Å². The normalized spacial score (nSPS) is 11.8. The molecule has 1 amide bonds. The van der Waals surface area contributed by atoms with Crippen molar-refractivity contribution in [1.29, 1.82) is 0 Å². The number of hydrogen-bond donors (Lipinski definition) is 2. The first-order valence-electron chi connectivity index (χ1n) is 4.79. The molecule has 0 aromatic carbocycles. The van der Waals surface area contributed by atoms with Crippen LogP contribution in [0, 0.1) is 0 Å². The Balaban J connectivity index is 2.75. The molecular weight excluding hydrogens is 244 g/mol. The number of nitrogens with one attached hydrogen (secondary N) is 1. The second-order valence-corrected chi connectivity index (χ2v) is 4.79. The van der Waals surface area contributed by atoms with Gasteiger partial charge in [0.2, 0.25) is 0 Å². The van der Waals surface area contributed by atoms with Gasteiger partial charge < -0.3 is 10.4 Å². The summed E-state index contributed by atoms with van der Waals surface area (Å²) >= 11 is 0. The zero-order valence-electron chi connectivity index (χ0n) is 9.17. The summed E-state index contributed by atoms with van der Waals surface area (Å²) in [5, 5.41) is 11.3. The van der Waals surface area contributed by atoms with Gasteiger partial charge in [0.15, 0.2) is 0 Å². The fraction of sp³-hybridized carbons (Fsp3) is 0.300. The zero-order valence-corrected chi connectivity index (χ0v) is 9.99. The van der Waals surface area contributed by atoms with E-state index in [2.05, 4.69) is 10.3 Å². The molecule has 2 N–H and O–H groups in total. The van der Waals surface area contributed by atoms with Gasteiger partial charge in [-0.3, -0.25) is 14.0 Å². The lowest BCUT2D eigenvalue weighted by atomic mass is 10.2. The summed E-state index contributed by atoms with van der Waals surface area (Å²) in [5.74, 6) is -1.46. The number of hydrogen-bond acceptors (Lipinski definition) is 4. The molecule has 7 heteroatoms. The monoisotopic (exact) mass is 256 g/mol. The minimum absolute atomic E-state index is 0.137. The van der Waals surface area contributed by atoms with Crippen molar-refractivity contribution in [3.8, 4) is 0 Å². The van der Waals surface area contributed by atoms with Gasteiger partial charge in [0.05, 0.1) is 5.56 Å². The highest BCUT2D eigenvalue weighted by molar-refractivity contribution is 7.84. The Morgan fingerprint density at radius 1 is 1.53 bits per heavy atom. The Bertz CT molecular complexity index is 461. The summed E-state index contributed by atoms with van der Waals surface area (Å²) in [6.45, 7) is 0.220. The summed E-state index contributed by atoms with van der Waals surface area (Å²) in [4.78, 5) is 26.2. The Labute approximate surface area is 101 Å². The minimum Gasteiger partial charge on any atom is -0.478 e. The number of rotatable bonds is 5. The second kappa shape index (κ2) is 6.09. The number of aromatic nitrogens is 1. The molecule has 1 heterocycles. The molecule has 1 aromatic heterocycles. The van der Waals surface area contributed by atoms with Crippen LogP contribution in [0.25, 0.3) is 0 Å². The first kappa shape index (κ1) is 13.3. The summed E-state index contributed by atoms with van der Waals surface area (Å²) < 4.78 is 10.8. The largest absolute Gasteiger partial charge is 0.478 e. The van der Waals surface area contributed by atoms with Crippen LogP contribution in [0.15, 0.2) is 18.3 Å². The number of carbonyl (C=O) groups is 2. The molecule has 0 fully saturated rings. The Kier molecular flexibility index (Phi) is 4.77. The van der Waals surface area contributed by atoms with Crippen molar-refractivity contribution in [2.75, 3.05) is 18.6 Å². The van der Waals surface area contributed by atoms with E-state index in [-0.39, 0.29) is 17.8 Å². The van der Waals surface area contributed by atoms with Crippen LogP contribution in [-0.4, -0.2) is 44.7 Å². The molecule has 1 atom stereocenters. The Hall–Kier alpha value is -1.76. The van der Waals surface area contributed by atoms with Crippen molar-refractivity contribution in [3.05, 3.63) is 29.6 Å². The zero-order chi connectivity index (χ0) is 12.8. The molecule has 0 aliphatic carbocycles. The van der Waals surface area contributed by atoms with E-state index >= 15 is 0 Å². The third-order valence-corrected chi connectivity index (χ3v) is 2.71. The van der Waals surface area contributed by atoms with E-state index in [4.69, 9.17) is 5.11 Å². The first-order chi connectivity index (χ1) is 8.02. The quantitative estimate of drug-likeness (QED) is 0.766. The van der Waals surface area contributed by atoms with Crippen LogP contribution in [0.3, 0.4) is 0 Å². The number of nitrogens with zero attached hydrogens (tertiary/aromatic N) is 1. The van der Waals surface area contributed by atoms with Crippen LogP contribution in [0.1, 0.15) is 20.8 Å². The number of carboxylic acids is 1. The molecule has 0 radical (unpaired) electrons. The lowest BCUT2D eigenvalue weighted by molar-refractivity contribution is 0.0690. The average Bonchev–Trinajstić information content (AvgIpc) is 2.28. The molecule has 0 spiro atoms. The lowest BCUT2D eigenvalue weighted by Crippen LogP contribution is -2.29. The fourth-order valence-corrected chi connectivity index (χ4v) is 1.54. The Morgan fingerprint density at radius 3 is 2.82 bits per heavy atom. The molecule has 0 aliphatic rings. The predicted molar refractivity (Wildman–Crippen MR) is 62.5 cm³/mol. The minimum atomic E-state index is -1.21. The summed E-state index contributed by atoms with van der Waals surface area (Å²) in [7, 11) is -1.00. The predicted octanol–water partition coefficient (Wildman–Crippen LogP) is -0.112. The van der Waals surface area contributed by atoms with Crippen LogP contribution in [-0.2, 0) is 10.8 Å². The fourth-order valence-electron chi connectivity index (χ4n) is 1.15. The number of carbonyl (C=O) groups excluding carboxylic acids is 1. The van der Waals surface area contributed by atoms with Gasteiger partial charge in [0, 0.05) is 35.5 Å². The van der Waals surface area contributed by atoms with Crippen LogP contribution in [0.4, 0.5) is 0 Å². The van der Waals surface area contributed by atoms with Gasteiger partial charge in [0.25, 0.3) is 5.91 Å². The van der Waals surface area contributed by atoms with E-state index < -0.39 is 22.7 Å². The van der Waals surface area contributed by atoms with E-state index in [1.165, 1.54) is 24.6 Å². The van der Waals surface area contributed by atoms with Gasteiger partial charge in [-0.05, 0) is 12.1 Å². The van der Waals surface area contributed by atoms with Gasteiger partial charge in [-0.1, -0.05) is 0 Å². The van der Waals surface area contributed by atoms with Crippen LogP contribution < -0.4 is 5.32 Å². The maximum atomic E-state index is 11.6. The molecule has 0 saturated heterocycles. The van der Waals surface area contributed by atoms with Crippen molar-refractivity contribution in [3.63, 3.8) is 0 Å². The lowest BCUT2D eigenvalue weighted by Gasteiger charge is -2.05. The topological polar surface area (TPSA) is 96.4 Å². The van der Waals surface area contributed by atoms with E-state index in [0.29, 0.717) is 5.75 Å². The third-order valence-electron chi connectivity index (χ3n) is 1.93. The van der Waals surface area contributed by atoms with Gasteiger partial charge in [-0.2, -0.15) is 0 Å². The van der Waals surface area contributed by atoms with Crippen molar-refractivity contribution in [2.24, 2.45) is 0 Å². The van der Waals surface area contributed by atoms with E-state index in [0.717, 1.165) is 0 Å². The van der Waals surface area contributed by atoms with Crippen LogP contribution in [0.5, 0.6) is 0 Å². The first-order valence-corrected chi connectivity index (χ1v) is 6.51. The molecule has 92 valence electrons. The van der Waals surface area contributed by atoms with Gasteiger partial charge in [-0.25, -0.2) is 4.79 Å². The van der Waals surface area contributed by atoms with E-state index in [1.807, 2.05) is 0 Å². The standard InChI is InChI=1S/C10H12N2O4S/c1-17(16)6-5-12-9(13)8-7(10(14)15)3-2-4-11-8/h2-4H,5-6H2,1H3,(H,12,13)(H,14,15). The molecular formula is C10H12N2O4S. The van der Waals surface area contributed by atoms with Gasteiger partial charge in [0.1, 0.15) is 5.69 Å². The van der Waals surface area contributed by atoms with E-state index in [1.54, 1.807) is 0 Å². The smallest absolute Gasteiger partial charge is 0.338 e. The van der Waals surface area contributed by atoms with Crippen LogP contribution in [0.2, 0.25) is 0 Å². The highest BCUT2D eigenvalue weighted by Crippen LogP contribution is 2.04. The molecule has 0 bridgehead atoms. The highest BCUT2D eigenvalue weighted by atomic mass is 32.2. The molecule has 17 heavy (non-hydrogen) atoms. The van der Waals surface area contributed by atoms with E-state index in [9.17, 15) is 13.8 Å². The summed E-state index contributed by atoms with van der Waals surface area (Å²) in [6, 6.07) is 2.75. The molecule has 6 nitrogen and oxygen atoms in total. The molecule has 1 aromatic rings. The average molecular weight is 256 g/mol. The maximum Gasteiger partial charge on any atom is 0.338 e. The number of amides is 1. The van der Waals surface area contributed by atoms with Crippen molar-refractivity contribution in [2.45, 2.75) is 0 Å². The van der Waals surface area contributed by atoms with Crippen LogP contribution >= 0.6 is 0 Å². The maximum absolute atomic E-state index is 11.6. The molecule has 1 rings (SSSR count). The number of aromatic carboxylic acids is 1. The summed E-state index contributed by atoms with van der Waals surface area (Å²) in [6.07, 6.45) is 2.87. The highest BCUT2D eigenvalue weighted by Gasteiger charge is 2.16. The van der Waals surface area contributed by atoms with Crippen molar-refractivity contribution < 1.29 is 18.9 Å². The number of carboxylic acid groups (broad SMARTS) is 1. The SMILES string of the molecule is CS(=O)CCNC(=O)c1ncccc1C(=O)O. The summed E-state index contributed by atoms with van der Waals surface area (Å²) in [5.41, 5.74) is -0.287. The van der Waals surface area contributed by atoms with Gasteiger partial charge in [-0.15, -0.1) is 0 Å².